The first-order chi connectivity index (χ1) is 10.4. The maximum Gasteiger partial charge on any atom is 0.407 e. The summed E-state index contributed by atoms with van der Waals surface area (Å²) in [7, 11) is 0. The van der Waals surface area contributed by atoms with E-state index in [0.717, 1.165) is 18.4 Å². The van der Waals surface area contributed by atoms with Crippen molar-refractivity contribution in [3.8, 4) is 0 Å². The van der Waals surface area contributed by atoms with E-state index in [1.54, 1.807) is 12.1 Å². The highest BCUT2D eigenvalue weighted by Crippen LogP contribution is 2.30. The minimum Gasteiger partial charge on any atom is -0.316 e. The second-order valence-electron chi connectivity index (χ2n) is 5.99. The molecule has 0 unspecified atom stereocenters. The Hall–Kier alpha value is -1.03. The molecule has 0 bridgehead atoms. The summed E-state index contributed by atoms with van der Waals surface area (Å²) in [5.41, 5.74) is 6.41. The van der Waals surface area contributed by atoms with Gasteiger partial charge in [0.15, 0.2) is 0 Å². The third kappa shape index (κ3) is 7.30. The molecular formula is C18H28F3N. The van der Waals surface area contributed by atoms with Crippen molar-refractivity contribution in [2.45, 2.75) is 76.9 Å². The van der Waals surface area contributed by atoms with Crippen LogP contribution in [0.3, 0.4) is 0 Å². The summed E-state index contributed by atoms with van der Waals surface area (Å²) >= 11 is 0. The second kappa shape index (κ2) is 9.88. The average molecular weight is 315 g/mol. The summed E-state index contributed by atoms with van der Waals surface area (Å²) in [6.07, 6.45) is 6.62. The Balaban J connectivity index is 2.22. The van der Waals surface area contributed by atoms with Crippen molar-refractivity contribution < 1.29 is 13.2 Å². The molecule has 0 amide bonds. The molecule has 0 aliphatic heterocycles. The molecule has 0 radical (unpaired) electrons. The third-order valence-corrected chi connectivity index (χ3v) is 4.01. The summed E-state index contributed by atoms with van der Waals surface area (Å²) in [5.74, 6) is 0. The van der Waals surface area contributed by atoms with Gasteiger partial charge in [0.2, 0.25) is 0 Å². The summed E-state index contributed by atoms with van der Waals surface area (Å²) in [5, 5.41) is 0. The number of alkyl halides is 3. The molecule has 0 aromatic heterocycles. The fourth-order valence-corrected chi connectivity index (χ4v) is 2.54. The molecule has 4 heteroatoms. The van der Waals surface area contributed by atoms with Crippen molar-refractivity contribution in [2.75, 3.05) is 0 Å². The van der Waals surface area contributed by atoms with E-state index in [4.69, 9.17) is 5.73 Å². The van der Waals surface area contributed by atoms with Crippen molar-refractivity contribution in [3.63, 3.8) is 0 Å². The number of aryl methyl sites for hydroxylation is 1. The number of nitrogens with two attached hydrogens (primary N) is 1. The zero-order chi connectivity index (χ0) is 16.4. The molecular weight excluding hydrogens is 287 g/mol. The predicted octanol–water partition coefficient (Wildman–Crippen LogP) is 5.93. The Bertz CT molecular complexity index is 398. The van der Waals surface area contributed by atoms with Crippen LogP contribution in [0.25, 0.3) is 0 Å². The lowest BCUT2D eigenvalue weighted by Gasteiger charge is -2.16. The van der Waals surface area contributed by atoms with Crippen LogP contribution in [-0.2, 0) is 6.42 Å². The van der Waals surface area contributed by atoms with Crippen molar-refractivity contribution in [2.24, 2.45) is 5.73 Å². The van der Waals surface area contributed by atoms with Crippen LogP contribution in [0, 0.1) is 0 Å². The van der Waals surface area contributed by atoms with Crippen molar-refractivity contribution >= 4 is 0 Å². The SMILES string of the molecule is CCCCCCCCCCc1ccc([C@H](N)C(F)(F)F)cc1. The lowest BCUT2D eigenvalue weighted by molar-refractivity contribution is -0.149. The first-order valence-corrected chi connectivity index (χ1v) is 8.36. The summed E-state index contributed by atoms with van der Waals surface area (Å²) in [4.78, 5) is 0. The Kier molecular flexibility index (Phi) is 8.54. The fraction of sp³-hybridized carbons (Fsp3) is 0.667. The molecule has 0 fully saturated rings. The average Bonchev–Trinajstić information content (AvgIpc) is 2.49. The molecule has 22 heavy (non-hydrogen) atoms. The van der Waals surface area contributed by atoms with E-state index in [1.807, 2.05) is 0 Å². The molecule has 0 aliphatic rings. The normalized spacial score (nSPS) is 13.3. The van der Waals surface area contributed by atoms with E-state index in [9.17, 15) is 13.2 Å². The monoisotopic (exact) mass is 315 g/mol. The second-order valence-corrected chi connectivity index (χ2v) is 5.99. The zero-order valence-electron chi connectivity index (χ0n) is 13.5. The molecule has 1 atom stereocenters. The van der Waals surface area contributed by atoms with Gasteiger partial charge in [-0.25, -0.2) is 0 Å². The Labute approximate surface area is 132 Å². The van der Waals surface area contributed by atoms with Gasteiger partial charge in [-0.05, 0) is 24.0 Å². The number of hydrogen-bond acceptors (Lipinski definition) is 1. The smallest absolute Gasteiger partial charge is 0.316 e. The number of unbranched alkanes of at least 4 members (excludes halogenated alkanes) is 7. The van der Waals surface area contributed by atoms with Gasteiger partial charge in [-0.1, -0.05) is 76.1 Å². The number of rotatable bonds is 10. The van der Waals surface area contributed by atoms with Crippen LogP contribution < -0.4 is 5.73 Å². The number of benzene rings is 1. The van der Waals surface area contributed by atoms with Crippen LogP contribution in [0.1, 0.15) is 75.5 Å². The number of halogens is 3. The van der Waals surface area contributed by atoms with Gasteiger partial charge in [-0.3, -0.25) is 0 Å². The highest BCUT2D eigenvalue weighted by molar-refractivity contribution is 5.25. The molecule has 0 heterocycles. The first-order valence-electron chi connectivity index (χ1n) is 8.36. The summed E-state index contributed by atoms with van der Waals surface area (Å²) in [6.45, 7) is 2.22. The van der Waals surface area contributed by atoms with Crippen LogP contribution in [0.2, 0.25) is 0 Å². The minimum absolute atomic E-state index is 0.132. The highest BCUT2D eigenvalue weighted by atomic mass is 19.4. The molecule has 1 nitrogen and oxygen atoms in total. The van der Waals surface area contributed by atoms with E-state index in [-0.39, 0.29) is 5.56 Å². The topological polar surface area (TPSA) is 26.0 Å². The molecule has 0 aliphatic carbocycles. The molecule has 1 aromatic carbocycles. The van der Waals surface area contributed by atoms with Gasteiger partial charge in [0.1, 0.15) is 6.04 Å². The van der Waals surface area contributed by atoms with Gasteiger partial charge in [0.05, 0.1) is 0 Å². The standard InChI is InChI=1S/C18H28F3N/c1-2-3-4-5-6-7-8-9-10-15-11-13-16(14-12-15)17(22)18(19,20)21/h11-14,17H,2-10,22H2,1H3/t17-/m0/s1. The quantitative estimate of drug-likeness (QED) is 0.532. The van der Waals surface area contributed by atoms with Crippen LogP contribution in [0.4, 0.5) is 13.2 Å². The molecule has 1 aromatic rings. The van der Waals surface area contributed by atoms with Gasteiger partial charge in [-0.2, -0.15) is 13.2 Å². The number of hydrogen-bond donors (Lipinski definition) is 1. The lowest BCUT2D eigenvalue weighted by Crippen LogP contribution is -2.28. The van der Waals surface area contributed by atoms with E-state index in [0.29, 0.717) is 0 Å². The molecule has 0 spiro atoms. The van der Waals surface area contributed by atoms with E-state index >= 15 is 0 Å². The van der Waals surface area contributed by atoms with E-state index in [2.05, 4.69) is 6.92 Å². The largest absolute Gasteiger partial charge is 0.407 e. The van der Waals surface area contributed by atoms with Crippen molar-refractivity contribution in [1.82, 2.24) is 0 Å². The zero-order valence-corrected chi connectivity index (χ0v) is 13.5. The van der Waals surface area contributed by atoms with Crippen LogP contribution in [0.5, 0.6) is 0 Å². The fourth-order valence-electron chi connectivity index (χ4n) is 2.54. The van der Waals surface area contributed by atoms with Crippen LogP contribution >= 0.6 is 0 Å². The molecule has 126 valence electrons. The molecule has 1 rings (SSSR count). The van der Waals surface area contributed by atoms with Crippen molar-refractivity contribution in [3.05, 3.63) is 35.4 Å². The Morgan fingerprint density at radius 2 is 1.36 bits per heavy atom. The van der Waals surface area contributed by atoms with Gasteiger partial charge in [0, 0.05) is 0 Å². The first kappa shape index (κ1) is 19.0. The van der Waals surface area contributed by atoms with Crippen LogP contribution in [0.15, 0.2) is 24.3 Å². The predicted molar refractivity (Wildman–Crippen MR) is 85.7 cm³/mol. The highest BCUT2D eigenvalue weighted by Gasteiger charge is 2.37. The Morgan fingerprint density at radius 3 is 1.86 bits per heavy atom. The maximum absolute atomic E-state index is 12.5. The van der Waals surface area contributed by atoms with Gasteiger partial charge < -0.3 is 5.73 Å². The molecule has 0 saturated carbocycles. The van der Waals surface area contributed by atoms with E-state index < -0.39 is 12.2 Å². The lowest BCUT2D eigenvalue weighted by atomic mass is 10.0. The van der Waals surface area contributed by atoms with Gasteiger partial charge >= 0.3 is 6.18 Å². The molecule has 0 saturated heterocycles. The summed E-state index contributed by atoms with van der Waals surface area (Å²) in [6, 6.07) is 4.64. The maximum atomic E-state index is 12.5. The summed E-state index contributed by atoms with van der Waals surface area (Å²) < 4.78 is 37.5. The third-order valence-electron chi connectivity index (χ3n) is 4.01. The minimum atomic E-state index is -4.38. The Morgan fingerprint density at radius 1 is 0.864 bits per heavy atom. The van der Waals surface area contributed by atoms with Gasteiger partial charge in [0.25, 0.3) is 0 Å². The van der Waals surface area contributed by atoms with E-state index in [1.165, 1.54) is 57.1 Å². The van der Waals surface area contributed by atoms with Crippen LogP contribution in [-0.4, -0.2) is 6.18 Å². The molecule has 2 N–H and O–H groups in total. The van der Waals surface area contributed by atoms with Crippen molar-refractivity contribution in [1.29, 1.82) is 0 Å². The van der Waals surface area contributed by atoms with Gasteiger partial charge in [-0.15, -0.1) is 0 Å².